The number of nitrogens with zero attached hydrogens (tertiary/aromatic N) is 3. The van der Waals surface area contributed by atoms with Crippen LogP contribution in [0.2, 0.25) is 0 Å². The Bertz CT molecular complexity index is 639. The van der Waals surface area contributed by atoms with Gasteiger partial charge in [0.25, 0.3) is 0 Å². The van der Waals surface area contributed by atoms with E-state index >= 15 is 0 Å². The molecule has 0 aliphatic heterocycles. The van der Waals surface area contributed by atoms with Gasteiger partial charge in [-0.15, -0.1) is 0 Å². The first-order valence-corrected chi connectivity index (χ1v) is 6.23. The molecule has 0 fully saturated rings. The third-order valence-corrected chi connectivity index (χ3v) is 3.37. The molecule has 0 aliphatic rings. The predicted octanol–water partition coefficient (Wildman–Crippen LogP) is 2.70. The summed E-state index contributed by atoms with van der Waals surface area (Å²) < 4.78 is 0. The fourth-order valence-corrected chi connectivity index (χ4v) is 1.84. The van der Waals surface area contributed by atoms with Gasteiger partial charge in [0.15, 0.2) is 0 Å². The molecule has 0 saturated carbocycles. The standard InChI is InChI=1S/C15H14N4O/c1-3-15(4-2,10-18)14(20)19-13-6-5-11(8-16)12(7-13)9-17/h5-7H,3-4H2,1-2H3,(H,19,20). The van der Waals surface area contributed by atoms with Gasteiger partial charge in [-0.3, -0.25) is 4.79 Å². The third kappa shape index (κ3) is 2.76. The van der Waals surface area contributed by atoms with Crippen LogP contribution in [0.5, 0.6) is 0 Å². The average molecular weight is 266 g/mol. The molecule has 0 unspecified atom stereocenters. The number of amides is 1. The van der Waals surface area contributed by atoms with Gasteiger partial charge in [-0.25, -0.2) is 0 Å². The van der Waals surface area contributed by atoms with E-state index in [0.29, 0.717) is 18.5 Å². The fourth-order valence-electron chi connectivity index (χ4n) is 1.84. The van der Waals surface area contributed by atoms with Crippen molar-refractivity contribution in [3.63, 3.8) is 0 Å². The molecule has 0 aromatic heterocycles. The minimum Gasteiger partial charge on any atom is -0.325 e. The molecular formula is C15H14N4O. The summed E-state index contributed by atoms with van der Waals surface area (Å²) in [5, 5.41) is 29.6. The Balaban J connectivity index is 3.07. The number of hydrogen-bond donors (Lipinski definition) is 1. The summed E-state index contributed by atoms with van der Waals surface area (Å²) in [6, 6.07) is 10.3. The van der Waals surface area contributed by atoms with Crippen molar-refractivity contribution in [2.24, 2.45) is 5.41 Å². The lowest BCUT2D eigenvalue weighted by molar-refractivity contribution is -0.123. The summed E-state index contributed by atoms with van der Waals surface area (Å²) in [6.45, 7) is 3.57. The molecule has 1 rings (SSSR count). The number of nitrogens with one attached hydrogen (secondary N) is 1. The molecule has 1 aromatic rings. The molecule has 0 radical (unpaired) electrons. The zero-order valence-electron chi connectivity index (χ0n) is 11.4. The van der Waals surface area contributed by atoms with Gasteiger partial charge in [-0.1, -0.05) is 13.8 Å². The summed E-state index contributed by atoms with van der Waals surface area (Å²) in [5.74, 6) is -0.390. The smallest absolute Gasteiger partial charge is 0.244 e. The van der Waals surface area contributed by atoms with Crippen LogP contribution in [0.4, 0.5) is 5.69 Å². The number of rotatable bonds is 4. The van der Waals surface area contributed by atoms with Crippen LogP contribution in [0.15, 0.2) is 18.2 Å². The first-order chi connectivity index (χ1) is 9.56. The van der Waals surface area contributed by atoms with Crippen molar-refractivity contribution >= 4 is 11.6 Å². The van der Waals surface area contributed by atoms with E-state index in [1.54, 1.807) is 19.9 Å². The SMILES string of the molecule is CCC(C#N)(CC)C(=O)Nc1ccc(C#N)c(C#N)c1. The summed E-state index contributed by atoms with van der Waals surface area (Å²) >= 11 is 0. The van der Waals surface area contributed by atoms with Crippen molar-refractivity contribution in [3.05, 3.63) is 29.3 Å². The molecule has 1 amide bonds. The van der Waals surface area contributed by atoms with E-state index in [1.807, 2.05) is 12.1 Å². The molecule has 1 aromatic carbocycles. The first-order valence-electron chi connectivity index (χ1n) is 6.23. The maximum absolute atomic E-state index is 12.2. The van der Waals surface area contributed by atoms with Crippen LogP contribution in [0, 0.1) is 39.4 Å². The second-order valence-electron chi connectivity index (χ2n) is 4.34. The van der Waals surface area contributed by atoms with Gasteiger partial charge in [0.1, 0.15) is 17.6 Å². The Kier molecular flexibility index (Phi) is 4.84. The molecule has 5 heteroatoms. The van der Waals surface area contributed by atoms with Gasteiger partial charge in [-0.05, 0) is 31.0 Å². The summed E-state index contributed by atoms with van der Waals surface area (Å²) in [7, 11) is 0. The number of carbonyl (C=O) groups excluding carboxylic acids is 1. The highest BCUT2D eigenvalue weighted by Crippen LogP contribution is 2.27. The van der Waals surface area contributed by atoms with Crippen LogP contribution in [0.1, 0.15) is 37.8 Å². The van der Waals surface area contributed by atoms with Crippen LogP contribution >= 0.6 is 0 Å². The van der Waals surface area contributed by atoms with Gasteiger partial charge in [0.05, 0.1) is 17.2 Å². The monoisotopic (exact) mass is 266 g/mol. The maximum atomic E-state index is 12.2. The highest BCUT2D eigenvalue weighted by atomic mass is 16.2. The topological polar surface area (TPSA) is 100 Å². The van der Waals surface area contributed by atoms with E-state index in [0.717, 1.165) is 0 Å². The Morgan fingerprint density at radius 3 is 2.20 bits per heavy atom. The number of anilines is 1. The van der Waals surface area contributed by atoms with Gasteiger partial charge in [0, 0.05) is 5.69 Å². The van der Waals surface area contributed by atoms with Gasteiger partial charge in [-0.2, -0.15) is 15.8 Å². The molecular weight excluding hydrogens is 252 g/mol. The maximum Gasteiger partial charge on any atom is 0.244 e. The molecule has 0 atom stereocenters. The number of benzene rings is 1. The van der Waals surface area contributed by atoms with Crippen molar-refractivity contribution in [3.8, 4) is 18.2 Å². The zero-order valence-corrected chi connectivity index (χ0v) is 11.4. The molecule has 0 bridgehead atoms. The number of carbonyl (C=O) groups is 1. The molecule has 1 N–H and O–H groups in total. The van der Waals surface area contributed by atoms with E-state index in [-0.39, 0.29) is 11.1 Å². The first kappa shape index (κ1) is 15.2. The quantitative estimate of drug-likeness (QED) is 0.905. The highest BCUT2D eigenvalue weighted by molar-refractivity contribution is 5.97. The lowest BCUT2D eigenvalue weighted by Gasteiger charge is -2.22. The van der Waals surface area contributed by atoms with Crippen LogP contribution in [-0.4, -0.2) is 5.91 Å². The molecule has 0 saturated heterocycles. The molecule has 100 valence electrons. The average Bonchev–Trinajstić information content (AvgIpc) is 2.49. The van der Waals surface area contributed by atoms with Crippen LogP contribution in [0.3, 0.4) is 0 Å². The molecule has 0 aliphatic carbocycles. The van der Waals surface area contributed by atoms with Crippen molar-refractivity contribution in [2.45, 2.75) is 26.7 Å². The normalized spacial score (nSPS) is 9.95. The summed E-state index contributed by atoms with van der Waals surface area (Å²) in [6.07, 6.45) is 0.820. The lowest BCUT2D eigenvalue weighted by atomic mass is 9.83. The van der Waals surface area contributed by atoms with E-state index in [9.17, 15) is 10.1 Å². The van der Waals surface area contributed by atoms with E-state index in [2.05, 4.69) is 11.4 Å². The third-order valence-electron chi connectivity index (χ3n) is 3.37. The number of nitriles is 3. The zero-order chi connectivity index (χ0) is 15.2. The van der Waals surface area contributed by atoms with E-state index in [1.165, 1.54) is 12.1 Å². The summed E-state index contributed by atoms with van der Waals surface area (Å²) in [4.78, 5) is 12.2. The predicted molar refractivity (Wildman–Crippen MR) is 73.1 cm³/mol. The summed E-state index contributed by atoms with van der Waals surface area (Å²) in [5.41, 5.74) is -0.211. The van der Waals surface area contributed by atoms with Gasteiger partial charge >= 0.3 is 0 Å². The van der Waals surface area contributed by atoms with Crippen molar-refractivity contribution < 1.29 is 4.79 Å². The van der Waals surface area contributed by atoms with Crippen LogP contribution in [-0.2, 0) is 4.79 Å². The second-order valence-corrected chi connectivity index (χ2v) is 4.34. The Labute approximate surface area is 118 Å². The van der Waals surface area contributed by atoms with E-state index < -0.39 is 11.3 Å². The molecule has 20 heavy (non-hydrogen) atoms. The van der Waals surface area contributed by atoms with Crippen molar-refractivity contribution in [2.75, 3.05) is 5.32 Å². The lowest BCUT2D eigenvalue weighted by Crippen LogP contribution is -2.33. The Morgan fingerprint density at radius 1 is 1.15 bits per heavy atom. The van der Waals surface area contributed by atoms with Crippen molar-refractivity contribution in [1.82, 2.24) is 0 Å². The Hall–Kier alpha value is -2.84. The largest absolute Gasteiger partial charge is 0.325 e. The molecule has 0 spiro atoms. The van der Waals surface area contributed by atoms with Crippen LogP contribution < -0.4 is 5.32 Å². The minimum absolute atomic E-state index is 0.195. The highest BCUT2D eigenvalue weighted by Gasteiger charge is 2.35. The van der Waals surface area contributed by atoms with Crippen LogP contribution in [0.25, 0.3) is 0 Å². The minimum atomic E-state index is -1.07. The molecule has 5 nitrogen and oxygen atoms in total. The number of hydrogen-bond acceptors (Lipinski definition) is 4. The van der Waals surface area contributed by atoms with E-state index in [4.69, 9.17) is 10.5 Å². The van der Waals surface area contributed by atoms with Gasteiger partial charge in [0.2, 0.25) is 5.91 Å². The van der Waals surface area contributed by atoms with Gasteiger partial charge < -0.3 is 5.32 Å². The van der Waals surface area contributed by atoms with Crippen molar-refractivity contribution in [1.29, 1.82) is 15.8 Å². The second kappa shape index (κ2) is 6.36. The fraction of sp³-hybridized carbons (Fsp3) is 0.333. The molecule has 0 heterocycles. The Morgan fingerprint density at radius 2 is 1.75 bits per heavy atom.